The summed E-state index contributed by atoms with van der Waals surface area (Å²) in [5.41, 5.74) is 2.29. The third-order valence-electron chi connectivity index (χ3n) is 4.23. The molecule has 1 unspecified atom stereocenters. The molecule has 2 rings (SSSR count). The number of hydrogen-bond donors (Lipinski definition) is 3. The highest BCUT2D eigenvalue weighted by Crippen LogP contribution is 2.24. The molecular formula is C19H24N4O2. The van der Waals surface area contributed by atoms with Gasteiger partial charge in [-0.05, 0) is 36.6 Å². The predicted octanol–water partition coefficient (Wildman–Crippen LogP) is 3.35. The van der Waals surface area contributed by atoms with Crippen molar-refractivity contribution in [2.45, 2.75) is 26.2 Å². The summed E-state index contributed by atoms with van der Waals surface area (Å²) in [7, 11) is 3.40. The largest absolute Gasteiger partial charge is 0.464 e. The zero-order valence-corrected chi connectivity index (χ0v) is 14.8. The molecule has 1 aromatic carbocycles. The first-order valence-corrected chi connectivity index (χ1v) is 8.37. The number of anilines is 1. The number of carbonyl (C=O) groups is 1. The lowest BCUT2D eigenvalue weighted by Crippen LogP contribution is -2.23. The SMILES string of the molecule is CCC(CC(=O)NC)C/C(C#N)=C(\NC)Nc1ccc2occc2c1. The molecule has 0 saturated carbocycles. The van der Waals surface area contributed by atoms with Gasteiger partial charge in [0, 0.05) is 31.6 Å². The van der Waals surface area contributed by atoms with Crippen molar-refractivity contribution in [3.05, 3.63) is 41.9 Å². The molecule has 0 aliphatic carbocycles. The van der Waals surface area contributed by atoms with Crippen LogP contribution in [0.2, 0.25) is 0 Å². The van der Waals surface area contributed by atoms with E-state index in [4.69, 9.17) is 4.42 Å². The van der Waals surface area contributed by atoms with Gasteiger partial charge in [-0.3, -0.25) is 4.79 Å². The molecule has 0 fully saturated rings. The van der Waals surface area contributed by atoms with Gasteiger partial charge in [0.25, 0.3) is 0 Å². The quantitative estimate of drug-likeness (QED) is 0.641. The van der Waals surface area contributed by atoms with E-state index in [1.807, 2.05) is 31.2 Å². The van der Waals surface area contributed by atoms with Crippen molar-refractivity contribution in [1.29, 1.82) is 5.26 Å². The van der Waals surface area contributed by atoms with Gasteiger partial charge < -0.3 is 20.4 Å². The summed E-state index contributed by atoms with van der Waals surface area (Å²) >= 11 is 0. The summed E-state index contributed by atoms with van der Waals surface area (Å²) in [6.45, 7) is 2.03. The second-order valence-corrected chi connectivity index (χ2v) is 5.87. The number of carbonyl (C=O) groups excluding carboxylic acids is 1. The molecule has 1 atom stereocenters. The zero-order valence-electron chi connectivity index (χ0n) is 14.8. The van der Waals surface area contributed by atoms with Crippen molar-refractivity contribution in [1.82, 2.24) is 10.6 Å². The number of furan rings is 1. The average molecular weight is 340 g/mol. The Bertz CT molecular complexity index is 801. The van der Waals surface area contributed by atoms with Crippen LogP contribution in [-0.2, 0) is 4.79 Å². The first kappa shape index (κ1) is 18.4. The molecule has 0 bridgehead atoms. The monoisotopic (exact) mass is 340 g/mol. The topological polar surface area (TPSA) is 90.1 Å². The van der Waals surface area contributed by atoms with Crippen LogP contribution in [0, 0.1) is 17.2 Å². The number of nitrogens with one attached hydrogen (secondary N) is 3. The van der Waals surface area contributed by atoms with E-state index in [-0.39, 0.29) is 11.8 Å². The van der Waals surface area contributed by atoms with Crippen LogP contribution in [0.4, 0.5) is 5.69 Å². The Balaban J connectivity index is 2.20. The van der Waals surface area contributed by atoms with Gasteiger partial charge in [0.15, 0.2) is 0 Å². The Morgan fingerprint density at radius 2 is 2.04 bits per heavy atom. The molecule has 1 amide bonds. The van der Waals surface area contributed by atoms with E-state index >= 15 is 0 Å². The van der Waals surface area contributed by atoms with Crippen LogP contribution in [0.1, 0.15) is 26.2 Å². The molecule has 3 N–H and O–H groups in total. The summed E-state index contributed by atoms with van der Waals surface area (Å²) < 4.78 is 5.34. The minimum Gasteiger partial charge on any atom is -0.464 e. The van der Waals surface area contributed by atoms with Gasteiger partial charge in [-0.1, -0.05) is 13.3 Å². The van der Waals surface area contributed by atoms with Gasteiger partial charge in [0.1, 0.15) is 11.4 Å². The maximum atomic E-state index is 11.6. The van der Waals surface area contributed by atoms with Crippen LogP contribution in [0.15, 0.2) is 46.3 Å². The molecule has 6 heteroatoms. The molecule has 0 aliphatic rings. The number of nitriles is 1. The smallest absolute Gasteiger partial charge is 0.220 e. The minimum absolute atomic E-state index is 0.00600. The Morgan fingerprint density at radius 3 is 2.68 bits per heavy atom. The van der Waals surface area contributed by atoms with E-state index in [9.17, 15) is 10.1 Å². The molecular weight excluding hydrogens is 316 g/mol. The van der Waals surface area contributed by atoms with E-state index in [0.29, 0.717) is 24.2 Å². The van der Waals surface area contributed by atoms with Crippen LogP contribution < -0.4 is 16.0 Å². The van der Waals surface area contributed by atoms with Crippen molar-refractivity contribution >= 4 is 22.6 Å². The summed E-state index contributed by atoms with van der Waals surface area (Å²) in [4.78, 5) is 11.6. The maximum absolute atomic E-state index is 11.6. The number of benzene rings is 1. The summed E-state index contributed by atoms with van der Waals surface area (Å²) in [5, 5.41) is 19.5. The highest BCUT2D eigenvalue weighted by atomic mass is 16.3. The summed E-state index contributed by atoms with van der Waals surface area (Å²) in [6.07, 6.45) is 3.43. The van der Waals surface area contributed by atoms with E-state index in [0.717, 1.165) is 23.1 Å². The van der Waals surface area contributed by atoms with Gasteiger partial charge in [0.2, 0.25) is 5.91 Å². The third-order valence-corrected chi connectivity index (χ3v) is 4.23. The number of amides is 1. The summed E-state index contributed by atoms with van der Waals surface area (Å²) in [6, 6.07) is 9.91. The lowest BCUT2D eigenvalue weighted by Gasteiger charge is -2.17. The predicted molar refractivity (Wildman–Crippen MR) is 98.6 cm³/mol. The molecule has 1 heterocycles. The Morgan fingerprint density at radius 1 is 1.24 bits per heavy atom. The second kappa shape index (κ2) is 8.78. The zero-order chi connectivity index (χ0) is 18.2. The van der Waals surface area contributed by atoms with Gasteiger partial charge in [-0.2, -0.15) is 5.26 Å². The lowest BCUT2D eigenvalue weighted by molar-refractivity contribution is -0.121. The van der Waals surface area contributed by atoms with Crippen molar-refractivity contribution in [2.24, 2.45) is 5.92 Å². The number of fused-ring (bicyclic) bond motifs is 1. The van der Waals surface area contributed by atoms with Crippen LogP contribution >= 0.6 is 0 Å². The van der Waals surface area contributed by atoms with E-state index < -0.39 is 0 Å². The van der Waals surface area contributed by atoms with Crippen molar-refractivity contribution in [3.63, 3.8) is 0 Å². The maximum Gasteiger partial charge on any atom is 0.220 e. The van der Waals surface area contributed by atoms with Crippen LogP contribution in [0.25, 0.3) is 11.0 Å². The van der Waals surface area contributed by atoms with E-state index in [1.54, 1.807) is 20.4 Å². The van der Waals surface area contributed by atoms with Gasteiger partial charge in [-0.25, -0.2) is 0 Å². The molecule has 6 nitrogen and oxygen atoms in total. The fourth-order valence-electron chi connectivity index (χ4n) is 2.69. The van der Waals surface area contributed by atoms with Crippen molar-refractivity contribution in [2.75, 3.05) is 19.4 Å². The average Bonchev–Trinajstić information content (AvgIpc) is 3.10. The molecule has 1 aromatic heterocycles. The first-order valence-electron chi connectivity index (χ1n) is 8.37. The highest BCUT2D eigenvalue weighted by molar-refractivity contribution is 5.81. The fourth-order valence-corrected chi connectivity index (χ4v) is 2.69. The second-order valence-electron chi connectivity index (χ2n) is 5.87. The summed E-state index contributed by atoms with van der Waals surface area (Å²) in [5.74, 6) is 0.769. The first-order chi connectivity index (χ1) is 12.1. The Kier molecular flexibility index (Phi) is 6.47. The van der Waals surface area contributed by atoms with Gasteiger partial charge in [0.05, 0.1) is 17.9 Å². The lowest BCUT2D eigenvalue weighted by atomic mass is 9.93. The Hall–Kier alpha value is -2.94. The van der Waals surface area contributed by atoms with E-state index in [2.05, 4.69) is 22.0 Å². The number of nitrogens with zero attached hydrogens (tertiary/aromatic N) is 1. The molecule has 2 aromatic rings. The van der Waals surface area contributed by atoms with Crippen LogP contribution in [-0.4, -0.2) is 20.0 Å². The number of hydrogen-bond acceptors (Lipinski definition) is 5. The van der Waals surface area contributed by atoms with Crippen LogP contribution in [0.3, 0.4) is 0 Å². The normalized spacial score (nSPS) is 12.9. The minimum atomic E-state index is -0.00600. The molecule has 0 saturated heterocycles. The molecule has 0 aliphatic heterocycles. The van der Waals surface area contributed by atoms with Crippen molar-refractivity contribution < 1.29 is 9.21 Å². The fraction of sp³-hybridized carbons (Fsp3) is 0.368. The standard InChI is InChI=1S/C19H24N4O2/c1-4-13(10-18(24)21-2)9-15(12-20)19(22-3)23-16-5-6-17-14(11-16)7-8-25-17/h5-8,11,13,22-23H,4,9-10H2,1-3H3,(H,21,24)/b19-15-. The van der Waals surface area contributed by atoms with E-state index in [1.165, 1.54) is 0 Å². The Labute approximate surface area is 147 Å². The molecule has 0 radical (unpaired) electrons. The van der Waals surface area contributed by atoms with Crippen LogP contribution in [0.5, 0.6) is 0 Å². The van der Waals surface area contributed by atoms with Gasteiger partial charge >= 0.3 is 0 Å². The number of rotatable bonds is 8. The molecule has 25 heavy (non-hydrogen) atoms. The third kappa shape index (κ3) is 4.77. The van der Waals surface area contributed by atoms with Gasteiger partial charge in [-0.15, -0.1) is 0 Å². The highest BCUT2D eigenvalue weighted by Gasteiger charge is 2.16. The molecule has 132 valence electrons. The van der Waals surface area contributed by atoms with Crippen molar-refractivity contribution in [3.8, 4) is 6.07 Å². The number of allylic oxidation sites excluding steroid dienone is 1. The molecule has 0 spiro atoms.